The lowest BCUT2D eigenvalue weighted by Gasteiger charge is -2.31. The van der Waals surface area contributed by atoms with Crippen LogP contribution in [0, 0.1) is 5.92 Å². The van der Waals surface area contributed by atoms with Gasteiger partial charge in [0.05, 0.1) is 17.2 Å². The minimum atomic E-state index is -0.136. The molecule has 23 heavy (non-hydrogen) atoms. The number of likely N-dealkylation sites (tertiary alicyclic amines) is 1. The van der Waals surface area contributed by atoms with Crippen molar-refractivity contribution in [1.82, 2.24) is 10.2 Å². The minimum absolute atomic E-state index is 0.0390. The van der Waals surface area contributed by atoms with Crippen molar-refractivity contribution in [2.24, 2.45) is 5.92 Å². The second kappa shape index (κ2) is 7.00. The van der Waals surface area contributed by atoms with E-state index in [9.17, 15) is 9.59 Å². The van der Waals surface area contributed by atoms with Crippen LogP contribution in [0.3, 0.4) is 0 Å². The largest absolute Gasteiger partial charge is 0.467 e. The fourth-order valence-corrected chi connectivity index (χ4v) is 3.53. The highest BCUT2D eigenvalue weighted by Crippen LogP contribution is 2.22. The summed E-state index contributed by atoms with van der Waals surface area (Å²) in [5.74, 6) is 0.823. The molecule has 1 N–H and O–H groups in total. The van der Waals surface area contributed by atoms with E-state index in [1.807, 2.05) is 41.5 Å². The second-order valence-electron chi connectivity index (χ2n) is 5.79. The molecule has 2 aromatic heterocycles. The Hall–Kier alpha value is -2.08. The first kappa shape index (κ1) is 15.8. The van der Waals surface area contributed by atoms with Gasteiger partial charge in [-0.25, -0.2) is 0 Å². The average molecular weight is 332 g/mol. The summed E-state index contributed by atoms with van der Waals surface area (Å²) in [6.07, 6.45) is 3.01. The predicted molar refractivity (Wildman–Crippen MR) is 88.2 cm³/mol. The Balaban J connectivity index is 1.50. The number of amides is 2. The third-order valence-electron chi connectivity index (χ3n) is 4.21. The maximum absolute atomic E-state index is 12.4. The van der Waals surface area contributed by atoms with Gasteiger partial charge in [0.15, 0.2) is 0 Å². The molecule has 122 valence electrons. The van der Waals surface area contributed by atoms with E-state index in [-0.39, 0.29) is 23.8 Å². The smallest absolute Gasteiger partial charge is 0.263 e. The van der Waals surface area contributed by atoms with Gasteiger partial charge in [-0.15, -0.1) is 11.3 Å². The van der Waals surface area contributed by atoms with E-state index in [1.54, 1.807) is 6.26 Å². The molecule has 0 unspecified atom stereocenters. The standard InChI is InChI=1S/C17H20N2O3S/c1-12(14-4-2-10-22-14)18-16(20)13-6-8-19(9-7-13)17(21)15-5-3-11-23-15/h2-5,10-13H,6-9H2,1H3,(H,18,20)/t12-/m1/s1. The van der Waals surface area contributed by atoms with E-state index in [0.29, 0.717) is 25.9 Å². The van der Waals surface area contributed by atoms with Crippen molar-refractivity contribution in [2.75, 3.05) is 13.1 Å². The zero-order valence-corrected chi connectivity index (χ0v) is 13.8. The molecule has 6 heteroatoms. The summed E-state index contributed by atoms with van der Waals surface area (Å²) in [5.41, 5.74) is 0. The fourth-order valence-electron chi connectivity index (χ4n) is 2.84. The van der Waals surface area contributed by atoms with Crippen LogP contribution in [-0.2, 0) is 4.79 Å². The lowest BCUT2D eigenvalue weighted by Crippen LogP contribution is -2.43. The quantitative estimate of drug-likeness (QED) is 0.936. The van der Waals surface area contributed by atoms with Gasteiger partial charge in [0.25, 0.3) is 5.91 Å². The van der Waals surface area contributed by atoms with Crippen LogP contribution in [0.5, 0.6) is 0 Å². The predicted octanol–water partition coefficient (Wildman–Crippen LogP) is 3.07. The van der Waals surface area contributed by atoms with Crippen LogP contribution < -0.4 is 5.32 Å². The monoisotopic (exact) mass is 332 g/mol. The molecule has 0 bridgehead atoms. The summed E-state index contributed by atoms with van der Waals surface area (Å²) >= 11 is 1.46. The summed E-state index contributed by atoms with van der Waals surface area (Å²) in [5, 5.41) is 4.90. The van der Waals surface area contributed by atoms with Gasteiger partial charge in [-0.05, 0) is 43.3 Å². The third-order valence-corrected chi connectivity index (χ3v) is 5.07. The van der Waals surface area contributed by atoms with Crippen molar-refractivity contribution in [2.45, 2.75) is 25.8 Å². The van der Waals surface area contributed by atoms with Crippen LogP contribution in [0.1, 0.15) is 41.2 Å². The molecule has 3 heterocycles. The maximum Gasteiger partial charge on any atom is 0.263 e. The molecule has 2 amide bonds. The summed E-state index contributed by atoms with van der Waals surface area (Å²) < 4.78 is 5.31. The lowest BCUT2D eigenvalue weighted by atomic mass is 9.95. The molecule has 1 atom stereocenters. The number of carbonyl (C=O) groups excluding carboxylic acids is 2. The number of thiophene rings is 1. The summed E-state index contributed by atoms with van der Waals surface area (Å²) in [7, 11) is 0. The summed E-state index contributed by atoms with van der Waals surface area (Å²) in [6, 6.07) is 7.26. The zero-order chi connectivity index (χ0) is 16.2. The van der Waals surface area contributed by atoms with Crippen LogP contribution in [-0.4, -0.2) is 29.8 Å². The van der Waals surface area contributed by atoms with Crippen molar-refractivity contribution in [3.8, 4) is 0 Å². The Morgan fingerprint density at radius 2 is 2.09 bits per heavy atom. The van der Waals surface area contributed by atoms with Gasteiger partial charge in [-0.2, -0.15) is 0 Å². The van der Waals surface area contributed by atoms with Crippen LogP contribution in [0.25, 0.3) is 0 Å². The molecule has 1 aliphatic heterocycles. The fraction of sp³-hybridized carbons (Fsp3) is 0.412. The number of hydrogen-bond acceptors (Lipinski definition) is 4. The number of piperidine rings is 1. The highest BCUT2D eigenvalue weighted by Gasteiger charge is 2.29. The Bertz CT molecular complexity index is 643. The first-order valence-corrected chi connectivity index (χ1v) is 8.69. The van der Waals surface area contributed by atoms with Gasteiger partial charge < -0.3 is 14.6 Å². The van der Waals surface area contributed by atoms with Gasteiger partial charge in [-0.1, -0.05) is 6.07 Å². The molecule has 3 rings (SSSR count). The second-order valence-corrected chi connectivity index (χ2v) is 6.74. The molecule has 0 aliphatic carbocycles. The van der Waals surface area contributed by atoms with E-state index in [4.69, 9.17) is 4.42 Å². The number of furan rings is 1. The van der Waals surface area contributed by atoms with E-state index >= 15 is 0 Å². The van der Waals surface area contributed by atoms with Crippen LogP contribution in [0.2, 0.25) is 0 Å². The van der Waals surface area contributed by atoms with E-state index in [0.717, 1.165) is 10.6 Å². The third kappa shape index (κ3) is 3.64. The number of hydrogen-bond donors (Lipinski definition) is 1. The van der Waals surface area contributed by atoms with E-state index in [2.05, 4.69) is 5.32 Å². The van der Waals surface area contributed by atoms with Crippen LogP contribution >= 0.6 is 11.3 Å². The van der Waals surface area contributed by atoms with Crippen molar-refractivity contribution >= 4 is 23.2 Å². The highest BCUT2D eigenvalue weighted by molar-refractivity contribution is 7.12. The summed E-state index contributed by atoms with van der Waals surface area (Å²) in [6.45, 7) is 3.17. The van der Waals surface area contributed by atoms with Gasteiger partial charge in [0.1, 0.15) is 5.76 Å². The van der Waals surface area contributed by atoms with Gasteiger partial charge in [0.2, 0.25) is 5.91 Å². The van der Waals surface area contributed by atoms with E-state index in [1.165, 1.54) is 11.3 Å². The zero-order valence-electron chi connectivity index (χ0n) is 13.0. The Morgan fingerprint density at radius 1 is 1.30 bits per heavy atom. The Kier molecular flexibility index (Phi) is 4.81. The van der Waals surface area contributed by atoms with Gasteiger partial charge in [-0.3, -0.25) is 9.59 Å². The van der Waals surface area contributed by atoms with Gasteiger partial charge >= 0.3 is 0 Å². The number of nitrogens with one attached hydrogen (secondary N) is 1. The number of nitrogens with zero attached hydrogens (tertiary/aromatic N) is 1. The molecule has 1 aliphatic rings. The normalized spacial score (nSPS) is 17.0. The first-order chi connectivity index (χ1) is 11.1. The van der Waals surface area contributed by atoms with Crippen LogP contribution in [0.4, 0.5) is 0 Å². The summed E-state index contributed by atoms with van der Waals surface area (Å²) in [4.78, 5) is 27.3. The average Bonchev–Trinajstić information content (AvgIpc) is 3.27. The lowest BCUT2D eigenvalue weighted by molar-refractivity contribution is -0.127. The number of rotatable bonds is 4. The van der Waals surface area contributed by atoms with Crippen molar-refractivity contribution in [3.63, 3.8) is 0 Å². The maximum atomic E-state index is 12.4. The van der Waals surface area contributed by atoms with Crippen molar-refractivity contribution in [1.29, 1.82) is 0 Å². The Labute approximate surface area is 139 Å². The number of carbonyl (C=O) groups is 2. The molecule has 5 nitrogen and oxygen atoms in total. The molecular weight excluding hydrogens is 312 g/mol. The first-order valence-electron chi connectivity index (χ1n) is 7.81. The topological polar surface area (TPSA) is 62.6 Å². The van der Waals surface area contributed by atoms with Crippen molar-refractivity contribution in [3.05, 3.63) is 46.5 Å². The SMILES string of the molecule is C[C@@H](NC(=O)C1CCN(C(=O)c2cccs2)CC1)c1ccco1. The molecule has 0 spiro atoms. The molecule has 0 aromatic carbocycles. The minimum Gasteiger partial charge on any atom is -0.467 e. The van der Waals surface area contributed by atoms with Crippen molar-refractivity contribution < 1.29 is 14.0 Å². The molecule has 1 saturated heterocycles. The molecule has 0 saturated carbocycles. The molecule has 0 radical (unpaired) electrons. The van der Waals surface area contributed by atoms with Gasteiger partial charge in [0, 0.05) is 19.0 Å². The van der Waals surface area contributed by atoms with Crippen LogP contribution in [0.15, 0.2) is 40.3 Å². The molecule has 1 fully saturated rings. The molecular formula is C17H20N2O3S. The van der Waals surface area contributed by atoms with E-state index < -0.39 is 0 Å². The Morgan fingerprint density at radius 3 is 2.70 bits per heavy atom. The highest BCUT2D eigenvalue weighted by atomic mass is 32.1. The molecule has 2 aromatic rings.